The summed E-state index contributed by atoms with van der Waals surface area (Å²) in [6.07, 6.45) is 3.92. The summed E-state index contributed by atoms with van der Waals surface area (Å²) >= 11 is 0. The molecule has 0 aromatic heterocycles. The van der Waals surface area contributed by atoms with E-state index in [1.54, 1.807) is 24.3 Å². The van der Waals surface area contributed by atoms with E-state index in [1.807, 2.05) is 0 Å². The van der Waals surface area contributed by atoms with Gasteiger partial charge in [-0.2, -0.15) is 16.8 Å². The SMILES string of the molecule is C=Cc1cc(C=Cc2ccc(N)cc2)c(S(=O)(=O)O)c(S(=O)(=O)O)c1N. The summed E-state index contributed by atoms with van der Waals surface area (Å²) < 4.78 is 65.8. The molecular formula is C16H16N2O6S2. The van der Waals surface area contributed by atoms with Gasteiger partial charge < -0.3 is 11.5 Å². The molecule has 0 spiro atoms. The van der Waals surface area contributed by atoms with Gasteiger partial charge in [0, 0.05) is 5.69 Å². The van der Waals surface area contributed by atoms with Crippen LogP contribution >= 0.6 is 0 Å². The fourth-order valence-electron chi connectivity index (χ4n) is 2.30. The van der Waals surface area contributed by atoms with Gasteiger partial charge in [-0.25, -0.2) is 0 Å². The molecule has 0 saturated carbocycles. The average molecular weight is 396 g/mol. The van der Waals surface area contributed by atoms with Crippen molar-refractivity contribution in [3.8, 4) is 0 Å². The first-order chi connectivity index (χ1) is 11.9. The van der Waals surface area contributed by atoms with Crippen LogP contribution in [0.4, 0.5) is 11.4 Å². The highest BCUT2D eigenvalue weighted by Gasteiger charge is 2.30. The number of nitrogens with two attached hydrogens (primary N) is 2. The first-order valence-corrected chi connectivity index (χ1v) is 9.90. The highest BCUT2D eigenvalue weighted by Crippen LogP contribution is 2.34. The Kier molecular flexibility index (Phi) is 5.23. The second kappa shape index (κ2) is 6.92. The molecule has 0 saturated heterocycles. The standard InChI is InChI=1S/C16H16N2O6S2/c1-2-11-9-12(6-3-10-4-7-13(17)8-5-10)15(25(19,20)21)16(14(11)18)26(22,23)24/h2-9H,1,17-18H2,(H,19,20,21)(H,22,23,24). The van der Waals surface area contributed by atoms with Crippen LogP contribution in [0.25, 0.3) is 18.2 Å². The monoisotopic (exact) mass is 396 g/mol. The van der Waals surface area contributed by atoms with Crippen LogP contribution in [0.2, 0.25) is 0 Å². The van der Waals surface area contributed by atoms with Gasteiger partial charge in [0.25, 0.3) is 20.2 Å². The molecule has 0 aliphatic heterocycles. The van der Waals surface area contributed by atoms with Crippen molar-refractivity contribution in [2.75, 3.05) is 11.5 Å². The number of rotatable bonds is 5. The second-order valence-electron chi connectivity index (χ2n) is 5.28. The number of benzene rings is 2. The first-order valence-electron chi connectivity index (χ1n) is 7.02. The van der Waals surface area contributed by atoms with Crippen LogP contribution in [-0.4, -0.2) is 25.9 Å². The topological polar surface area (TPSA) is 161 Å². The summed E-state index contributed by atoms with van der Waals surface area (Å²) in [6.45, 7) is 3.47. The Balaban J connectivity index is 2.83. The molecule has 8 nitrogen and oxygen atoms in total. The van der Waals surface area contributed by atoms with Gasteiger partial charge in [0.05, 0.1) is 5.69 Å². The lowest BCUT2D eigenvalue weighted by atomic mass is 10.1. The van der Waals surface area contributed by atoms with Gasteiger partial charge in [0.2, 0.25) is 0 Å². The summed E-state index contributed by atoms with van der Waals surface area (Å²) in [5.74, 6) is 0. The zero-order valence-corrected chi connectivity index (χ0v) is 15.0. The Bertz CT molecular complexity index is 1100. The molecule has 0 aliphatic carbocycles. The molecule has 0 heterocycles. The van der Waals surface area contributed by atoms with E-state index in [-0.39, 0.29) is 11.1 Å². The Morgan fingerprint density at radius 2 is 1.38 bits per heavy atom. The lowest BCUT2D eigenvalue weighted by Crippen LogP contribution is -2.14. The number of hydrogen-bond donors (Lipinski definition) is 4. The molecule has 0 bridgehead atoms. The Morgan fingerprint density at radius 1 is 0.846 bits per heavy atom. The predicted molar refractivity (Wildman–Crippen MR) is 100 cm³/mol. The van der Waals surface area contributed by atoms with Crippen LogP contribution < -0.4 is 11.5 Å². The zero-order valence-electron chi connectivity index (χ0n) is 13.3. The highest BCUT2D eigenvalue weighted by molar-refractivity contribution is 7.89. The van der Waals surface area contributed by atoms with Crippen molar-refractivity contribution in [3.05, 3.63) is 53.6 Å². The summed E-state index contributed by atoms with van der Waals surface area (Å²) in [5, 5.41) is 0. The van der Waals surface area contributed by atoms with Gasteiger partial charge in [-0.3, -0.25) is 9.11 Å². The quantitative estimate of drug-likeness (QED) is 0.339. The molecule has 0 atom stereocenters. The summed E-state index contributed by atoms with van der Waals surface area (Å²) in [7, 11) is -10.1. The van der Waals surface area contributed by atoms with Crippen LogP contribution in [-0.2, 0) is 20.2 Å². The Morgan fingerprint density at radius 3 is 1.85 bits per heavy atom. The number of nitrogen functional groups attached to an aromatic ring is 2. The molecule has 2 aromatic rings. The van der Waals surface area contributed by atoms with Crippen LogP contribution in [0.5, 0.6) is 0 Å². The van der Waals surface area contributed by atoms with E-state index in [1.165, 1.54) is 24.3 Å². The maximum absolute atomic E-state index is 11.8. The van der Waals surface area contributed by atoms with Crippen LogP contribution in [0, 0.1) is 0 Å². The van der Waals surface area contributed by atoms with Crippen LogP contribution in [0.3, 0.4) is 0 Å². The predicted octanol–water partition coefficient (Wildman–Crippen LogP) is 2.16. The molecule has 2 rings (SSSR count). The van der Waals surface area contributed by atoms with Gasteiger partial charge >= 0.3 is 0 Å². The maximum Gasteiger partial charge on any atom is 0.298 e. The van der Waals surface area contributed by atoms with E-state index in [0.29, 0.717) is 11.3 Å². The molecule has 0 amide bonds. The molecular weight excluding hydrogens is 380 g/mol. The molecule has 0 fully saturated rings. The Hall–Kier alpha value is -2.66. The van der Waals surface area contributed by atoms with Gasteiger partial charge in [-0.1, -0.05) is 36.9 Å². The third-order valence-corrected chi connectivity index (χ3v) is 5.49. The largest absolute Gasteiger partial charge is 0.399 e. The fraction of sp³-hybridized carbons (Fsp3) is 0. The molecule has 2 aromatic carbocycles. The van der Waals surface area contributed by atoms with Crippen molar-refractivity contribution in [1.82, 2.24) is 0 Å². The minimum atomic E-state index is -5.05. The van der Waals surface area contributed by atoms with E-state index in [2.05, 4.69) is 6.58 Å². The minimum absolute atomic E-state index is 0.0713. The fourth-order valence-corrected chi connectivity index (χ4v) is 4.45. The highest BCUT2D eigenvalue weighted by atomic mass is 32.2. The van der Waals surface area contributed by atoms with Gasteiger partial charge in [0.1, 0.15) is 9.79 Å². The van der Waals surface area contributed by atoms with E-state index >= 15 is 0 Å². The van der Waals surface area contributed by atoms with E-state index < -0.39 is 35.7 Å². The molecule has 138 valence electrons. The van der Waals surface area contributed by atoms with E-state index in [9.17, 15) is 25.9 Å². The zero-order chi connectivity index (χ0) is 19.7. The van der Waals surface area contributed by atoms with Crippen molar-refractivity contribution in [1.29, 1.82) is 0 Å². The molecule has 10 heteroatoms. The third-order valence-electron chi connectivity index (χ3n) is 3.46. The van der Waals surface area contributed by atoms with Gasteiger partial charge in [0.15, 0.2) is 0 Å². The van der Waals surface area contributed by atoms with Crippen molar-refractivity contribution in [2.24, 2.45) is 0 Å². The first kappa shape index (κ1) is 19.7. The van der Waals surface area contributed by atoms with Crippen molar-refractivity contribution < 1.29 is 25.9 Å². The minimum Gasteiger partial charge on any atom is -0.399 e. The smallest absolute Gasteiger partial charge is 0.298 e. The van der Waals surface area contributed by atoms with Crippen molar-refractivity contribution in [2.45, 2.75) is 9.79 Å². The number of anilines is 2. The summed E-state index contributed by atoms with van der Waals surface area (Å²) in [4.78, 5) is -2.12. The summed E-state index contributed by atoms with van der Waals surface area (Å²) in [5.41, 5.74) is 11.7. The number of hydrogen-bond acceptors (Lipinski definition) is 6. The van der Waals surface area contributed by atoms with E-state index in [4.69, 9.17) is 11.5 Å². The molecule has 0 aliphatic rings. The van der Waals surface area contributed by atoms with Crippen LogP contribution in [0.15, 0.2) is 46.7 Å². The lowest BCUT2D eigenvalue weighted by molar-refractivity contribution is 0.467. The molecule has 6 N–H and O–H groups in total. The van der Waals surface area contributed by atoms with Crippen molar-refractivity contribution in [3.63, 3.8) is 0 Å². The van der Waals surface area contributed by atoms with E-state index in [0.717, 1.165) is 0 Å². The second-order valence-corrected chi connectivity index (χ2v) is 8.00. The van der Waals surface area contributed by atoms with Gasteiger partial charge in [-0.05, 0) is 34.9 Å². The van der Waals surface area contributed by atoms with Crippen molar-refractivity contribution >= 4 is 49.8 Å². The summed E-state index contributed by atoms with van der Waals surface area (Å²) in [6, 6.07) is 7.76. The van der Waals surface area contributed by atoms with Crippen LogP contribution in [0.1, 0.15) is 16.7 Å². The Labute approximate surface area is 151 Å². The molecule has 26 heavy (non-hydrogen) atoms. The lowest BCUT2D eigenvalue weighted by Gasteiger charge is -2.14. The maximum atomic E-state index is 11.8. The average Bonchev–Trinajstić information content (AvgIpc) is 2.52. The molecule has 0 radical (unpaired) electrons. The third kappa shape index (κ3) is 4.11. The van der Waals surface area contributed by atoms with Gasteiger partial charge in [-0.15, -0.1) is 0 Å². The molecule has 0 unspecified atom stereocenters. The normalized spacial score (nSPS) is 12.4.